The number of anilines is 1. The predicted octanol–water partition coefficient (Wildman–Crippen LogP) is 3.67. The summed E-state index contributed by atoms with van der Waals surface area (Å²) in [6, 6.07) is 9.94. The van der Waals surface area contributed by atoms with Gasteiger partial charge in [-0.1, -0.05) is 32.0 Å². The molecule has 2 rings (SSSR count). The number of rotatable bonds is 6. The summed E-state index contributed by atoms with van der Waals surface area (Å²) >= 11 is 1.50. The van der Waals surface area contributed by atoms with E-state index in [1.165, 1.54) is 11.3 Å². The van der Waals surface area contributed by atoms with Crippen LogP contribution in [0.5, 0.6) is 0 Å². The van der Waals surface area contributed by atoms with Crippen molar-refractivity contribution in [3.63, 3.8) is 0 Å². The monoisotopic (exact) mass is 288 g/mol. The molecule has 0 fully saturated rings. The van der Waals surface area contributed by atoms with Crippen molar-refractivity contribution in [1.29, 1.82) is 0 Å². The van der Waals surface area contributed by atoms with Gasteiger partial charge in [0.1, 0.15) is 0 Å². The summed E-state index contributed by atoms with van der Waals surface area (Å²) in [5, 5.41) is 8.29. The van der Waals surface area contributed by atoms with Crippen molar-refractivity contribution in [3.05, 3.63) is 51.7 Å². The molecule has 0 aliphatic carbocycles. The Balaban J connectivity index is 2.15. The van der Waals surface area contributed by atoms with E-state index < -0.39 is 0 Å². The zero-order chi connectivity index (χ0) is 14.4. The summed E-state index contributed by atoms with van der Waals surface area (Å²) < 4.78 is 0. The molecule has 0 saturated carbocycles. The maximum Gasteiger partial charge on any atom is 0.266 e. The van der Waals surface area contributed by atoms with E-state index in [0.29, 0.717) is 0 Å². The van der Waals surface area contributed by atoms with E-state index in [1.54, 1.807) is 0 Å². The molecule has 0 aliphatic rings. The molecule has 0 unspecified atom stereocenters. The third-order valence-electron chi connectivity index (χ3n) is 3.16. The Morgan fingerprint density at radius 3 is 2.70 bits per heavy atom. The van der Waals surface area contributed by atoms with Gasteiger partial charge >= 0.3 is 0 Å². The van der Waals surface area contributed by atoms with Gasteiger partial charge in [0, 0.05) is 12.2 Å². The van der Waals surface area contributed by atoms with E-state index in [2.05, 4.69) is 24.5 Å². The number of para-hydroxylation sites is 1. The quantitative estimate of drug-likeness (QED) is 0.851. The van der Waals surface area contributed by atoms with Gasteiger partial charge < -0.3 is 10.6 Å². The minimum atomic E-state index is -0.0131. The number of carbonyl (C=O) groups is 1. The van der Waals surface area contributed by atoms with Crippen LogP contribution in [0.4, 0.5) is 5.69 Å². The van der Waals surface area contributed by atoms with Gasteiger partial charge in [0.15, 0.2) is 0 Å². The van der Waals surface area contributed by atoms with Gasteiger partial charge in [-0.15, -0.1) is 11.3 Å². The van der Waals surface area contributed by atoms with E-state index in [1.807, 2.05) is 35.7 Å². The first-order chi connectivity index (χ1) is 9.76. The Kier molecular flexibility index (Phi) is 5.32. The number of amides is 1. The number of hydrogen-bond acceptors (Lipinski definition) is 3. The molecule has 0 radical (unpaired) electrons. The Morgan fingerprint density at radius 1 is 1.15 bits per heavy atom. The molecule has 2 aromatic rings. The van der Waals surface area contributed by atoms with Gasteiger partial charge in [-0.2, -0.15) is 0 Å². The summed E-state index contributed by atoms with van der Waals surface area (Å²) in [4.78, 5) is 13.2. The number of hydrogen-bond donors (Lipinski definition) is 2. The number of aryl methyl sites for hydroxylation is 1. The lowest BCUT2D eigenvalue weighted by Gasteiger charge is -2.11. The molecule has 106 valence electrons. The molecule has 1 aromatic heterocycles. The van der Waals surface area contributed by atoms with Gasteiger partial charge in [-0.05, 0) is 41.6 Å². The molecular formula is C16H20N2OS. The largest absolute Gasteiger partial charge is 0.321 e. The van der Waals surface area contributed by atoms with E-state index in [-0.39, 0.29) is 5.91 Å². The molecule has 1 amide bonds. The lowest BCUT2D eigenvalue weighted by Crippen LogP contribution is -2.17. The second-order valence-corrected chi connectivity index (χ2v) is 5.44. The molecule has 0 aliphatic heterocycles. The summed E-state index contributed by atoms with van der Waals surface area (Å²) in [6.07, 6.45) is 0.880. The van der Waals surface area contributed by atoms with Crippen LogP contribution in [0.3, 0.4) is 0 Å². The Bertz CT molecular complexity index is 577. The van der Waals surface area contributed by atoms with Gasteiger partial charge in [-0.3, -0.25) is 4.79 Å². The molecular weight excluding hydrogens is 268 g/mol. The highest BCUT2D eigenvalue weighted by atomic mass is 32.1. The fourth-order valence-electron chi connectivity index (χ4n) is 2.05. The van der Waals surface area contributed by atoms with Crippen molar-refractivity contribution in [3.8, 4) is 0 Å². The molecule has 0 bridgehead atoms. The smallest absolute Gasteiger partial charge is 0.266 e. The van der Waals surface area contributed by atoms with Crippen molar-refractivity contribution >= 4 is 22.9 Å². The van der Waals surface area contributed by atoms with Crippen LogP contribution >= 0.6 is 11.3 Å². The van der Waals surface area contributed by atoms with Crippen LogP contribution in [-0.2, 0) is 13.0 Å². The van der Waals surface area contributed by atoms with Crippen LogP contribution in [0.15, 0.2) is 35.7 Å². The van der Waals surface area contributed by atoms with E-state index in [0.717, 1.165) is 41.2 Å². The highest BCUT2D eigenvalue weighted by molar-refractivity contribution is 7.12. The maximum absolute atomic E-state index is 12.4. The molecule has 1 aromatic carbocycles. The van der Waals surface area contributed by atoms with Crippen LogP contribution < -0.4 is 10.6 Å². The zero-order valence-corrected chi connectivity index (χ0v) is 12.7. The van der Waals surface area contributed by atoms with Gasteiger partial charge in [0.05, 0.1) is 4.88 Å². The third kappa shape index (κ3) is 3.46. The fourth-order valence-corrected chi connectivity index (χ4v) is 2.94. The summed E-state index contributed by atoms with van der Waals surface area (Å²) in [5.74, 6) is -0.0131. The fraction of sp³-hybridized carbons (Fsp3) is 0.312. The summed E-state index contributed by atoms with van der Waals surface area (Å²) in [6.45, 7) is 5.81. The van der Waals surface area contributed by atoms with Crippen molar-refractivity contribution in [2.75, 3.05) is 11.9 Å². The van der Waals surface area contributed by atoms with Gasteiger partial charge in [0.2, 0.25) is 0 Å². The van der Waals surface area contributed by atoms with Crippen LogP contribution in [0.1, 0.15) is 34.6 Å². The first-order valence-corrected chi connectivity index (χ1v) is 7.80. The molecule has 20 heavy (non-hydrogen) atoms. The average molecular weight is 288 g/mol. The SMILES string of the molecule is CCNCc1ccccc1NC(=O)c1sccc1CC. The molecule has 0 atom stereocenters. The van der Waals surface area contributed by atoms with Crippen LogP contribution in [0, 0.1) is 0 Å². The molecule has 4 heteroatoms. The maximum atomic E-state index is 12.4. The number of carbonyl (C=O) groups excluding carboxylic acids is 1. The van der Waals surface area contributed by atoms with Gasteiger partial charge in [0.25, 0.3) is 5.91 Å². The van der Waals surface area contributed by atoms with E-state index >= 15 is 0 Å². The minimum absolute atomic E-state index is 0.0131. The van der Waals surface area contributed by atoms with Gasteiger partial charge in [-0.25, -0.2) is 0 Å². The van der Waals surface area contributed by atoms with E-state index in [4.69, 9.17) is 0 Å². The Hall–Kier alpha value is -1.65. The second kappa shape index (κ2) is 7.22. The highest BCUT2D eigenvalue weighted by Crippen LogP contribution is 2.21. The highest BCUT2D eigenvalue weighted by Gasteiger charge is 2.13. The number of nitrogens with one attached hydrogen (secondary N) is 2. The Labute approximate surface area is 124 Å². The van der Waals surface area contributed by atoms with Crippen LogP contribution in [0.25, 0.3) is 0 Å². The first-order valence-electron chi connectivity index (χ1n) is 6.92. The van der Waals surface area contributed by atoms with Crippen molar-refractivity contribution in [1.82, 2.24) is 5.32 Å². The van der Waals surface area contributed by atoms with Crippen LogP contribution in [0.2, 0.25) is 0 Å². The molecule has 0 saturated heterocycles. The normalized spacial score (nSPS) is 10.5. The molecule has 3 nitrogen and oxygen atoms in total. The first kappa shape index (κ1) is 14.8. The minimum Gasteiger partial charge on any atom is -0.321 e. The Morgan fingerprint density at radius 2 is 1.95 bits per heavy atom. The van der Waals surface area contributed by atoms with E-state index in [9.17, 15) is 4.79 Å². The lowest BCUT2D eigenvalue weighted by molar-refractivity contribution is 0.102. The van der Waals surface area contributed by atoms with Crippen molar-refractivity contribution < 1.29 is 4.79 Å². The standard InChI is InChI=1S/C16H20N2OS/c1-3-12-9-10-20-15(12)16(19)18-14-8-6-5-7-13(14)11-17-4-2/h5-10,17H,3-4,11H2,1-2H3,(H,18,19). The summed E-state index contributed by atoms with van der Waals surface area (Å²) in [5.41, 5.74) is 3.10. The number of benzene rings is 1. The van der Waals surface area contributed by atoms with Crippen molar-refractivity contribution in [2.24, 2.45) is 0 Å². The zero-order valence-electron chi connectivity index (χ0n) is 11.9. The summed E-state index contributed by atoms with van der Waals surface area (Å²) in [7, 11) is 0. The predicted molar refractivity (Wildman–Crippen MR) is 85.5 cm³/mol. The molecule has 0 spiro atoms. The van der Waals surface area contributed by atoms with Crippen molar-refractivity contribution in [2.45, 2.75) is 26.8 Å². The number of thiophene rings is 1. The average Bonchev–Trinajstić information content (AvgIpc) is 2.95. The lowest BCUT2D eigenvalue weighted by atomic mass is 10.1. The third-order valence-corrected chi connectivity index (χ3v) is 4.12. The second-order valence-electron chi connectivity index (χ2n) is 4.52. The molecule has 2 N–H and O–H groups in total. The topological polar surface area (TPSA) is 41.1 Å². The van der Waals surface area contributed by atoms with Crippen LogP contribution in [-0.4, -0.2) is 12.5 Å². The molecule has 1 heterocycles.